The van der Waals surface area contributed by atoms with Gasteiger partial charge in [-0.1, -0.05) is 0 Å². The van der Waals surface area contributed by atoms with Crippen LogP contribution in [0.2, 0.25) is 0 Å². The van der Waals surface area contributed by atoms with Crippen LogP contribution in [-0.2, 0) is 0 Å². The Labute approximate surface area is 118 Å². The highest BCUT2D eigenvalue weighted by Crippen LogP contribution is 2.02. The van der Waals surface area contributed by atoms with Crippen LogP contribution in [0.5, 0.6) is 0 Å². The van der Waals surface area contributed by atoms with Crippen LogP contribution in [0.15, 0.2) is 4.99 Å². The Morgan fingerprint density at radius 1 is 1.16 bits per heavy atom. The number of hydrogen-bond acceptors (Lipinski definition) is 3. The number of nitrogens with zero attached hydrogens (tertiary/aromatic N) is 4. The zero-order chi connectivity index (χ0) is 14.1. The molecule has 0 atom stereocenters. The lowest BCUT2D eigenvalue weighted by atomic mass is 10.3. The molecule has 1 aliphatic rings. The number of aliphatic imine (C=N–C) groups is 1. The van der Waals surface area contributed by atoms with Gasteiger partial charge in [-0.3, -0.25) is 4.99 Å². The van der Waals surface area contributed by atoms with E-state index in [-0.39, 0.29) is 0 Å². The van der Waals surface area contributed by atoms with Crippen molar-refractivity contribution < 1.29 is 0 Å². The highest BCUT2D eigenvalue weighted by molar-refractivity contribution is 5.77. The molecule has 0 spiro atoms. The van der Waals surface area contributed by atoms with Gasteiger partial charge in [0, 0.05) is 32.7 Å². The second-order valence-electron chi connectivity index (χ2n) is 5.26. The molecule has 0 radical (unpaired) electrons. The third kappa shape index (κ3) is 6.25. The lowest BCUT2D eigenvalue weighted by Gasteiger charge is -2.21. The summed E-state index contributed by atoms with van der Waals surface area (Å²) in [5.74, 6) is 0.695. The molecule has 0 aliphatic carbocycles. The topological polar surface area (TPSA) is 48.1 Å². The van der Waals surface area contributed by atoms with Gasteiger partial charge >= 0.3 is 0 Å². The Morgan fingerprint density at radius 2 is 1.89 bits per heavy atom. The molecule has 5 heteroatoms. The second kappa shape index (κ2) is 9.15. The van der Waals surface area contributed by atoms with Crippen LogP contribution in [0.25, 0.3) is 0 Å². The molecule has 1 rings (SSSR count). The summed E-state index contributed by atoms with van der Waals surface area (Å²) in [6, 6.07) is 0. The molecular formula is C14H31N5. The van der Waals surface area contributed by atoms with E-state index in [0.717, 1.165) is 32.6 Å². The minimum Gasteiger partial charge on any atom is -0.370 e. The lowest BCUT2D eigenvalue weighted by molar-refractivity contribution is 0.275. The van der Waals surface area contributed by atoms with E-state index < -0.39 is 0 Å². The number of rotatable bonds is 6. The fourth-order valence-corrected chi connectivity index (χ4v) is 2.46. The summed E-state index contributed by atoms with van der Waals surface area (Å²) in [5.41, 5.74) is 5.96. The third-order valence-electron chi connectivity index (χ3n) is 3.81. The predicted molar refractivity (Wildman–Crippen MR) is 82.6 cm³/mol. The summed E-state index contributed by atoms with van der Waals surface area (Å²) >= 11 is 0. The maximum atomic E-state index is 5.96. The van der Waals surface area contributed by atoms with E-state index in [0.29, 0.717) is 5.96 Å². The van der Waals surface area contributed by atoms with Gasteiger partial charge in [0.05, 0.1) is 0 Å². The molecule has 19 heavy (non-hydrogen) atoms. The Kier molecular flexibility index (Phi) is 7.82. The Morgan fingerprint density at radius 3 is 2.58 bits per heavy atom. The van der Waals surface area contributed by atoms with E-state index in [1.165, 1.54) is 32.6 Å². The van der Waals surface area contributed by atoms with E-state index in [1.807, 2.05) is 0 Å². The van der Waals surface area contributed by atoms with E-state index in [2.05, 4.69) is 40.6 Å². The zero-order valence-electron chi connectivity index (χ0n) is 12.9. The van der Waals surface area contributed by atoms with Crippen molar-refractivity contribution in [3.05, 3.63) is 0 Å². The molecule has 1 saturated heterocycles. The van der Waals surface area contributed by atoms with Gasteiger partial charge in [-0.15, -0.1) is 0 Å². The summed E-state index contributed by atoms with van der Waals surface area (Å²) in [4.78, 5) is 11.5. The van der Waals surface area contributed by atoms with Crippen LogP contribution in [0, 0.1) is 0 Å². The summed E-state index contributed by atoms with van der Waals surface area (Å²) < 4.78 is 0. The van der Waals surface area contributed by atoms with E-state index in [9.17, 15) is 0 Å². The molecule has 1 fully saturated rings. The van der Waals surface area contributed by atoms with Crippen molar-refractivity contribution in [2.24, 2.45) is 10.7 Å². The summed E-state index contributed by atoms with van der Waals surface area (Å²) in [5, 5.41) is 0. The quantitative estimate of drug-likeness (QED) is 0.437. The van der Waals surface area contributed by atoms with Gasteiger partial charge in [0.25, 0.3) is 0 Å². The maximum Gasteiger partial charge on any atom is 0.191 e. The van der Waals surface area contributed by atoms with Gasteiger partial charge in [0.15, 0.2) is 5.96 Å². The van der Waals surface area contributed by atoms with Crippen molar-refractivity contribution >= 4 is 5.96 Å². The molecule has 0 aromatic carbocycles. The van der Waals surface area contributed by atoms with Crippen LogP contribution in [0.3, 0.4) is 0 Å². The van der Waals surface area contributed by atoms with Crippen molar-refractivity contribution in [3.63, 3.8) is 0 Å². The summed E-state index contributed by atoms with van der Waals surface area (Å²) in [7, 11) is 2.21. The van der Waals surface area contributed by atoms with Crippen LogP contribution in [-0.4, -0.2) is 80.1 Å². The first kappa shape index (κ1) is 16.2. The molecule has 0 saturated carbocycles. The third-order valence-corrected chi connectivity index (χ3v) is 3.81. The first-order chi connectivity index (χ1) is 9.17. The highest BCUT2D eigenvalue weighted by atomic mass is 15.2. The fraction of sp³-hybridized carbons (Fsp3) is 0.929. The zero-order valence-corrected chi connectivity index (χ0v) is 12.9. The molecule has 0 aromatic heterocycles. The monoisotopic (exact) mass is 269 g/mol. The number of nitrogens with two attached hydrogens (primary N) is 1. The Bertz CT molecular complexity index is 263. The molecule has 0 amide bonds. The first-order valence-electron chi connectivity index (χ1n) is 7.63. The summed E-state index contributed by atoms with van der Waals surface area (Å²) in [6.45, 7) is 12.9. The van der Waals surface area contributed by atoms with Crippen LogP contribution in [0.1, 0.15) is 26.7 Å². The van der Waals surface area contributed by atoms with Gasteiger partial charge in [0.2, 0.25) is 0 Å². The smallest absolute Gasteiger partial charge is 0.191 e. The fourth-order valence-electron chi connectivity index (χ4n) is 2.46. The molecule has 0 bridgehead atoms. The number of guanidine groups is 1. The van der Waals surface area contributed by atoms with Crippen molar-refractivity contribution in [3.8, 4) is 0 Å². The predicted octanol–water partition coefficient (Wildman–Crippen LogP) is 0.671. The number of hydrogen-bond donors (Lipinski definition) is 1. The largest absolute Gasteiger partial charge is 0.370 e. The molecule has 2 N–H and O–H groups in total. The van der Waals surface area contributed by atoms with Crippen molar-refractivity contribution in [1.82, 2.24) is 14.7 Å². The molecule has 0 aromatic rings. The average molecular weight is 269 g/mol. The highest BCUT2D eigenvalue weighted by Gasteiger charge is 2.11. The minimum absolute atomic E-state index is 0.695. The molecular weight excluding hydrogens is 238 g/mol. The molecule has 112 valence electrons. The van der Waals surface area contributed by atoms with Crippen molar-refractivity contribution in [2.45, 2.75) is 26.7 Å². The van der Waals surface area contributed by atoms with E-state index >= 15 is 0 Å². The minimum atomic E-state index is 0.695. The standard InChI is InChI=1S/C14H31N5/c1-4-19(5-2)14(15)16-8-6-10-18-11-7-9-17(3)12-13-18/h4-13H2,1-3H3,(H2,15,16). The van der Waals surface area contributed by atoms with Gasteiger partial charge < -0.3 is 20.4 Å². The van der Waals surface area contributed by atoms with Crippen molar-refractivity contribution in [2.75, 3.05) is 59.4 Å². The lowest BCUT2D eigenvalue weighted by Crippen LogP contribution is -2.37. The van der Waals surface area contributed by atoms with Gasteiger partial charge in [-0.2, -0.15) is 0 Å². The van der Waals surface area contributed by atoms with E-state index in [1.54, 1.807) is 0 Å². The van der Waals surface area contributed by atoms with Crippen LogP contribution in [0.4, 0.5) is 0 Å². The van der Waals surface area contributed by atoms with E-state index in [4.69, 9.17) is 5.73 Å². The normalized spacial score (nSPS) is 19.4. The van der Waals surface area contributed by atoms with Crippen molar-refractivity contribution in [1.29, 1.82) is 0 Å². The SMILES string of the molecule is CCN(CC)C(N)=NCCCN1CCCN(C)CC1. The van der Waals surface area contributed by atoms with Gasteiger partial charge in [-0.05, 0) is 53.4 Å². The summed E-state index contributed by atoms with van der Waals surface area (Å²) in [6.07, 6.45) is 2.38. The molecule has 0 unspecified atom stereocenters. The van der Waals surface area contributed by atoms with Gasteiger partial charge in [0.1, 0.15) is 0 Å². The second-order valence-corrected chi connectivity index (χ2v) is 5.26. The average Bonchev–Trinajstić information content (AvgIpc) is 2.61. The van der Waals surface area contributed by atoms with Crippen LogP contribution < -0.4 is 5.73 Å². The Hall–Kier alpha value is -0.810. The van der Waals surface area contributed by atoms with Gasteiger partial charge in [-0.25, -0.2) is 0 Å². The maximum absolute atomic E-state index is 5.96. The Balaban J connectivity index is 2.20. The van der Waals surface area contributed by atoms with Crippen LogP contribution >= 0.6 is 0 Å². The first-order valence-corrected chi connectivity index (χ1v) is 7.63. The molecule has 1 aliphatic heterocycles. The molecule has 1 heterocycles. The number of likely N-dealkylation sites (N-methyl/N-ethyl adjacent to an activating group) is 1. The molecule has 5 nitrogen and oxygen atoms in total.